The molecule has 0 amide bonds. The van der Waals surface area contributed by atoms with Crippen molar-refractivity contribution in [1.82, 2.24) is 4.98 Å². The van der Waals surface area contributed by atoms with Gasteiger partial charge < -0.3 is 4.98 Å². The molecule has 3 heteroatoms. The Morgan fingerprint density at radius 2 is 1.78 bits per heavy atom. The van der Waals surface area contributed by atoms with E-state index < -0.39 is 0 Å². The van der Waals surface area contributed by atoms with Gasteiger partial charge in [0.25, 0.3) is 0 Å². The van der Waals surface area contributed by atoms with Crippen molar-refractivity contribution in [2.45, 2.75) is 27.7 Å². The molecule has 0 unspecified atom stereocenters. The lowest BCUT2D eigenvalue weighted by Crippen LogP contribution is -2.06. The second-order valence-electron chi connectivity index (χ2n) is 4.66. The van der Waals surface area contributed by atoms with E-state index in [0.29, 0.717) is 16.3 Å². The lowest BCUT2D eigenvalue weighted by Gasteiger charge is -2.05. The molecule has 0 saturated carbocycles. The van der Waals surface area contributed by atoms with Gasteiger partial charge in [0, 0.05) is 16.3 Å². The molecule has 94 valence electrons. The van der Waals surface area contributed by atoms with Crippen LogP contribution in [0, 0.1) is 27.7 Å². The van der Waals surface area contributed by atoms with Crippen LogP contribution < -0.4 is 0 Å². The Hall–Kier alpha value is -1.54. The Morgan fingerprint density at radius 1 is 1.11 bits per heavy atom. The molecular formula is C15H16ClNO. The number of aryl methyl sites for hydroxylation is 2. The van der Waals surface area contributed by atoms with Gasteiger partial charge in [-0.1, -0.05) is 17.7 Å². The van der Waals surface area contributed by atoms with E-state index in [-0.39, 0.29) is 5.78 Å². The minimum Gasteiger partial charge on any atom is -0.356 e. The number of hydrogen-bond donors (Lipinski definition) is 1. The number of aromatic amines is 1. The molecular weight excluding hydrogens is 246 g/mol. The highest BCUT2D eigenvalue weighted by Gasteiger charge is 2.18. The van der Waals surface area contributed by atoms with Crippen LogP contribution in [0.2, 0.25) is 5.02 Å². The van der Waals surface area contributed by atoms with Crippen molar-refractivity contribution in [1.29, 1.82) is 0 Å². The first-order valence-corrected chi connectivity index (χ1v) is 6.26. The third-order valence-electron chi connectivity index (χ3n) is 3.48. The summed E-state index contributed by atoms with van der Waals surface area (Å²) in [6.07, 6.45) is 0. The van der Waals surface area contributed by atoms with Gasteiger partial charge in [-0.3, -0.25) is 4.79 Å². The first kappa shape index (κ1) is 12.9. The molecule has 0 atom stereocenters. The van der Waals surface area contributed by atoms with Gasteiger partial charge >= 0.3 is 0 Å². The summed E-state index contributed by atoms with van der Waals surface area (Å²) in [7, 11) is 0. The molecule has 1 aromatic heterocycles. The number of nitrogens with one attached hydrogen (secondary N) is 1. The first-order chi connectivity index (χ1) is 8.41. The van der Waals surface area contributed by atoms with E-state index in [1.165, 1.54) is 0 Å². The van der Waals surface area contributed by atoms with Crippen LogP contribution in [0.15, 0.2) is 18.2 Å². The van der Waals surface area contributed by atoms with Gasteiger partial charge in [-0.15, -0.1) is 0 Å². The molecule has 0 radical (unpaired) electrons. The zero-order chi connectivity index (χ0) is 13.4. The third-order valence-corrected chi connectivity index (χ3v) is 3.72. The zero-order valence-corrected chi connectivity index (χ0v) is 11.8. The standard InChI is InChI=1S/C15H16ClNO/c1-8-5-6-12(16)7-13(8)15(18)14-10(3)9(2)11(4)17-14/h5-7,17H,1-4H3. The summed E-state index contributed by atoms with van der Waals surface area (Å²) in [5.74, 6) is 0.00343. The molecule has 1 heterocycles. The van der Waals surface area contributed by atoms with Crippen molar-refractivity contribution in [2.75, 3.05) is 0 Å². The lowest BCUT2D eigenvalue weighted by atomic mass is 10.0. The smallest absolute Gasteiger partial charge is 0.209 e. The topological polar surface area (TPSA) is 32.9 Å². The molecule has 0 saturated heterocycles. The van der Waals surface area contributed by atoms with E-state index in [1.807, 2.05) is 33.8 Å². The number of benzene rings is 1. The van der Waals surface area contributed by atoms with E-state index >= 15 is 0 Å². The second kappa shape index (κ2) is 4.62. The fourth-order valence-electron chi connectivity index (χ4n) is 2.04. The largest absolute Gasteiger partial charge is 0.356 e. The molecule has 2 aromatic rings. The number of hydrogen-bond acceptors (Lipinski definition) is 1. The summed E-state index contributed by atoms with van der Waals surface area (Å²) < 4.78 is 0. The highest BCUT2D eigenvalue weighted by molar-refractivity contribution is 6.31. The monoisotopic (exact) mass is 261 g/mol. The van der Waals surface area contributed by atoms with Gasteiger partial charge in [-0.25, -0.2) is 0 Å². The normalized spacial score (nSPS) is 10.7. The quantitative estimate of drug-likeness (QED) is 0.810. The van der Waals surface area contributed by atoms with Crippen molar-refractivity contribution in [2.24, 2.45) is 0 Å². The number of H-pyrrole nitrogens is 1. The number of aromatic nitrogens is 1. The Morgan fingerprint density at radius 3 is 2.33 bits per heavy atom. The maximum Gasteiger partial charge on any atom is 0.209 e. The molecule has 0 aliphatic carbocycles. The van der Waals surface area contributed by atoms with E-state index in [2.05, 4.69) is 4.98 Å². The van der Waals surface area contributed by atoms with Crippen molar-refractivity contribution < 1.29 is 4.79 Å². The number of rotatable bonds is 2. The van der Waals surface area contributed by atoms with Crippen molar-refractivity contribution in [3.8, 4) is 0 Å². The average Bonchev–Trinajstić information content (AvgIpc) is 2.59. The molecule has 1 aromatic carbocycles. The predicted octanol–water partition coefficient (Wildman–Crippen LogP) is 4.13. The second-order valence-corrected chi connectivity index (χ2v) is 5.10. The molecule has 2 nitrogen and oxygen atoms in total. The van der Waals surface area contributed by atoms with Crippen LogP contribution >= 0.6 is 11.6 Å². The van der Waals surface area contributed by atoms with E-state index in [1.54, 1.807) is 12.1 Å². The Bertz CT molecular complexity index is 626. The SMILES string of the molecule is Cc1ccc(Cl)cc1C(=O)c1[nH]c(C)c(C)c1C. The van der Waals surface area contributed by atoms with E-state index in [9.17, 15) is 4.79 Å². The Kier molecular flexibility index (Phi) is 3.31. The number of carbonyl (C=O) groups excluding carboxylic acids is 1. The van der Waals surface area contributed by atoms with Crippen molar-refractivity contribution in [3.63, 3.8) is 0 Å². The summed E-state index contributed by atoms with van der Waals surface area (Å²) >= 11 is 5.96. The molecule has 0 bridgehead atoms. The first-order valence-electron chi connectivity index (χ1n) is 5.88. The summed E-state index contributed by atoms with van der Waals surface area (Å²) in [5.41, 5.74) is 5.45. The van der Waals surface area contributed by atoms with Crippen LogP contribution in [0.4, 0.5) is 0 Å². The minimum absolute atomic E-state index is 0.00343. The van der Waals surface area contributed by atoms with Crippen LogP contribution in [0.1, 0.15) is 38.4 Å². The highest BCUT2D eigenvalue weighted by Crippen LogP contribution is 2.23. The van der Waals surface area contributed by atoms with Crippen LogP contribution in [0.5, 0.6) is 0 Å². The number of halogens is 1. The van der Waals surface area contributed by atoms with Gasteiger partial charge in [0.15, 0.2) is 0 Å². The molecule has 18 heavy (non-hydrogen) atoms. The molecule has 0 fully saturated rings. The van der Waals surface area contributed by atoms with Gasteiger partial charge in [0.05, 0.1) is 5.69 Å². The lowest BCUT2D eigenvalue weighted by molar-refractivity contribution is 0.103. The summed E-state index contributed by atoms with van der Waals surface area (Å²) in [4.78, 5) is 15.7. The van der Waals surface area contributed by atoms with Crippen molar-refractivity contribution >= 4 is 17.4 Å². The van der Waals surface area contributed by atoms with E-state index in [4.69, 9.17) is 11.6 Å². The van der Waals surface area contributed by atoms with Crippen LogP contribution in [0.3, 0.4) is 0 Å². The van der Waals surface area contributed by atoms with Gasteiger partial charge in [0.2, 0.25) is 5.78 Å². The summed E-state index contributed by atoms with van der Waals surface area (Å²) in [6, 6.07) is 5.39. The third kappa shape index (κ3) is 2.08. The van der Waals surface area contributed by atoms with Gasteiger partial charge in [0.1, 0.15) is 0 Å². The molecule has 0 aliphatic heterocycles. The molecule has 2 rings (SSSR count). The van der Waals surface area contributed by atoms with Crippen LogP contribution in [-0.2, 0) is 0 Å². The maximum atomic E-state index is 12.5. The van der Waals surface area contributed by atoms with Gasteiger partial charge in [-0.05, 0) is 56.5 Å². The minimum atomic E-state index is 0.00343. The molecule has 0 aliphatic rings. The van der Waals surface area contributed by atoms with Crippen molar-refractivity contribution in [3.05, 3.63) is 56.9 Å². The Labute approximate surface area is 112 Å². The fraction of sp³-hybridized carbons (Fsp3) is 0.267. The highest BCUT2D eigenvalue weighted by atomic mass is 35.5. The zero-order valence-electron chi connectivity index (χ0n) is 11.0. The van der Waals surface area contributed by atoms with Crippen LogP contribution in [-0.4, -0.2) is 10.8 Å². The summed E-state index contributed by atoms with van der Waals surface area (Å²) in [5, 5.41) is 0.585. The van der Waals surface area contributed by atoms with Gasteiger partial charge in [-0.2, -0.15) is 0 Å². The fourth-order valence-corrected chi connectivity index (χ4v) is 2.22. The molecule has 0 spiro atoms. The van der Waals surface area contributed by atoms with E-state index in [0.717, 1.165) is 22.4 Å². The average molecular weight is 262 g/mol. The predicted molar refractivity (Wildman–Crippen MR) is 74.6 cm³/mol. The Balaban J connectivity index is 2.54. The molecule has 1 N–H and O–H groups in total. The number of carbonyl (C=O) groups is 1. The van der Waals surface area contributed by atoms with Crippen LogP contribution in [0.25, 0.3) is 0 Å². The maximum absolute atomic E-state index is 12.5. The number of ketones is 1. The summed E-state index contributed by atoms with van der Waals surface area (Å²) in [6.45, 7) is 7.88.